The van der Waals surface area contributed by atoms with Gasteiger partial charge in [0.1, 0.15) is 5.82 Å². The lowest BCUT2D eigenvalue weighted by molar-refractivity contribution is -0.142. The lowest BCUT2D eigenvalue weighted by Gasteiger charge is -2.15. The minimum atomic E-state index is -0.899. The van der Waals surface area contributed by atoms with Gasteiger partial charge in [0.25, 0.3) is 11.8 Å². The molecule has 0 aliphatic carbocycles. The number of likely N-dealkylation sites (tertiary alicyclic amines) is 1. The zero-order chi connectivity index (χ0) is 19.7. The number of carboxylic acid groups (broad SMARTS) is 1. The predicted molar refractivity (Wildman–Crippen MR) is 99.6 cm³/mol. The molecule has 0 spiro atoms. The first kappa shape index (κ1) is 19.0. The standard InChI is InChI=1S/C19H19FN2O4S/c1-10-6-15(21-17(23)12-4-3-5-13(20)7-12)27-16(10)18(24)22-8-11(2)14(9-22)19(25)26/h3-7,11,14H,8-9H2,1-2H3,(H,21,23)(H,25,26)/t11-,14-/m1/s1. The number of carbonyl (C=O) groups is 3. The summed E-state index contributed by atoms with van der Waals surface area (Å²) >= 11 is 1.13. The highest BCUT2D eigenvalue weighted by molar-refractivity contribution is 7.18. The van der Waals surface area contributed by atoms with Crippen LogP contribution in [0.15, 0.2) is 30.3 Å². The molecule has 0 saturated carbocycles. The van der Waals surface area contributed by atoms with Crippen molar-refractivity contribution in [2.45, 2.75) is 13.8 Å². The van der Waals surface area contributed by atoms with E-state index in [1.165, 1.54) is 18.2 Å². The number of nitrogens with one attached hydrogen (secondary N) is 1. The van der Waals surface area contributed by atoms with Gasteiger partial charge >= 0.3 is 5.97 Å². The van der Waals surface area contributed by atoms with Crippen LogP contribution in [0.1, 0.15) is 32.5 Å². The van der Waals surface area contributed by atoms with Gasteiger partial charge in [-0.05, 0) is 42.7 Å². The number of rotatable bonds is 4. The molecule has 0 radical (unpaired) electrons. The lowest BCUT2D eigenvalue weighted by Crippen LogP contribution is -2.29. The second kappa shape index (κ2) is 7.48. The smallest absolute Gasteiger partial charge is 0.308 e. The number of anilines is 1. The average Bonchev–Trinajstić information content (AvgIpc) is 3.17. The van der Waals surface area contributed by atoms with E-state index in [0.29, 0.717) is 22.0 Å². The number of halogens is 1. The van der Waals surface area contributed by atoms with Crippen molar-refractivity contribution in [2.75, 3.05) is 18.4 Å². The molecular formula is C19H19FN2O4S. The van der Waals surface area contributed by atoms with Crippen LogP contribution >= 0.6 is 11.3 Å². The van der Waals surface area contributed by atoms with Crippen molar-refractivity contribution in [1.29, 1.82) is 0 Å². The van der Waals surface area contributed by atoms with Crippen molar-refractivity contribution in [3.8, 4) is 0 Å². The first-order chi connectivity index (χ1) is 12.8. The highest BCUT2D eigenvalue weighted by atomic mass is 32.1. The molecule has 1 aromatic heterocycles. The molecule has 1 fully saturated rings. The Hall–Kier alpha value is -2.74. The van der Waals surface area contributed by atoms with Crippen LogP contribution in [-0.4, -0.2) is 40.9 Å². The quantitative estimate of drug-likeness (QED) is 0.839. The molecule has 1 saturated heterocycles. The van der Waals surface area contributed by atoms with Crippen LogP contribution in [0.25, 0.3) is 0 Å². The molecule has 2 amide bonds. The van der Waals surface area contributed by atoms with E-state index in [4.69, 9.17) is 0 Å². The zero-order valence-electron chi connectivity index (χ0n) is 14.9. The second-order valence-corrected chi connectivity index (χ2v) is 7.77. The first-order valence-corrected chi connectivity index (χ1v) is 9.27. The van der Waals surface area contributed by atoms with Crippen LogP contribution in [-0.2, 0) is 4.79 Å². The molecule has 1 aromatic carbocycles. The fourth-order valence-corrected chi connectivity index (χ4v) is 4.20. The molecule has 0 bridgehead atoms. The Labute approximate surface area is 159 Å². The molecule has 8 heteroatoms. The van der Waals surface area contributed by atoms with Gasteiger partial charge in [0.2, 0.25) is 0 Å². The van der Waals surface area contributed by atoms with Gasteiger partial charge in [0, 0.05) is 18.7 Å². The summed E-state index contributed by atoms with van der Waals surface area (Å²) in [5.41, 5.74) is 0.887. The second-order valence-electron chi connectivity index (χ2n) is 6.72. The van der Waals surface area contributed by atoms with Gasteiger partial charge in [0.05, 0.1) is 15.8 Å². The van der Waals surface area contributed by atoms with Gasteiger partial charge in [0.15, 0.2) is 0 Å². The topological polar surface area (TPSA) is 86.7 Å². The highest BCUT2D eigenvalue weighted by Gasteiger charge is 2.37. The Morgan fingerprint density at radius 3 is 2.63 bits per heavy atom. The normalized spacial score (nSPS) is 19.1. The number of nitrogens with zero attached hydrogens (tertiary/aromatic N) is 1. The maximum atomic E-state index is 13.3. The lowest BCUT2D eigenvalue weighted by atomic mass is 9.99. The third-order valence-electron chi connectivity index (χ3n) is 4.65. The van der Waals surface area contributed by atoms with Gasteiger partial charge in [-0.3, -0.25) is 14.4 Å². The summed E-state index contributed by atoms with van der Waals surface area (Å²) in [6.07, 6.45) is 0. The zero-order valence-corrected chi connectivity index (χ0v) is 15.7. The number of hydrogen-bond acceptors (Lipinski definition) is 4. The Kier molecular flexibility index (Phi) is 5.27. The highest BCUT2D eigenvalue weighted by Crippen LogP contribution is 2.31. The fraction of sp³-hybridized carbons (Fsp3) is 0.316. The number of benzene rings is 1. The van der Waals surface area contributed by atoms with Crippen molar-refractivity contribution >= 4 is 34.1 Å². The van der Waals surface area contributed by atoms with Crippen molar-refractivity contribution in [2.24, 2.45) is 11.8 Å². The van der Waals surface area contributed by atoms with Crippen LogP contribution in [0.2, 0.25) is 0 Å². The number of hydrogen-bond donors (Lipinski definition) is 2. The van der Waals surface area contributed by atoms with E-state index < -0.39 is 23.6 Å². The number of aryl methyl sites for hydroxylation is 1. The van der Waals surface area contributed by atoms with Crippen LogP contribution in [0.3, 0.4) is 0 Å². The van der Waals surface area contributed by atoms with Gasteiger partial charge in [-0.2, -0.15) is 0 Å². The van der Waals surface area contributed by atoms with Crippen LogP contribution in [0, 0.1) is 24.6 Å². The summed E-state index contributed by atoms with van der Waals surface area (Å²) in [5.74, 6) is -2.78. The predicted octanol–water partition coefficient (Wildman–Crippen LogP) is 3.24. The fourth-order valence-electron chi connectivity index (χ4n) is 3.17. The number of carbonyl (C=O) groups excluding carboxylic acids is 2. The molecular weight excluding hydrogens is 371 g/mol. The molecule has 1 aliphatic heterocycles. The van der Waals surface area contributed by atoms with Gasteiger partial charge in [-0.15, -0.1) is 11.3 Å². The summed E-state index contributed by atoms with van der Waals surface area (Å²) in [5, 5.41) is 12.4. The molecule has 142 valence electrons. The third-order valence-corrected chi connectivity index (χ3v) is 5.79. The van der Waals surface area contributed by atoms with Gasteiger partial charge in [-0.25, -0.2) is 4.39 Å². The minimum absolute atomic E-state index is 0.112. The van der Waals surface area contributed by atoms with Crippen molar-refractivity contribution in [3.05, 3.63) is 52.2 Å². The summed E-state index contributed by atoms with van der Waals surface area (Å²) in [7, 11) is 0. The van der Waals surface area contributed by atoms with E-state index in [9.17, 15) is 23.9 Å². The van der Waals surface area contributed by atoms with Gasteiger partial charge < -0.3 is 15.3 Å². The number of carboxylic acids is 1. The monoisotopic (exact) mass is 390 g/mol. The third kappa shape index (κ3) is 4.00. The molecule has 2 heterocycles. The molecule has 1 aliphatic rings. The van der Waals surface area contributed by atoms with Crippen molar-refractivity contribution < 1.29 is 23.9 Å². The maximum Gasteiger partial charge on any atom is 0.308 e. The molecule has 27 heavy (non-hydrogen) atoms. The molecule has 6 nitrogen and oxygen atoms in total. The summed E-state index contributed by atoms with van der Waals surface area (Å²) in [6, 6.07) is 7.03. The average molecular weight is 390 g/mol. The molecule has 2 aromatic rings. The summed E-state index contributed by atoms with van der Waals surface area (Å²) in [4.78, 5) is 38.3. The number of thiophene rings is 1. The first-order valence-electron chi connectivity index (χ1n) is 8.45. The Morgan fingerprint density at radius 2 is 2.00 bits per heavy atom. The Bertz CT molecular complexity index is 911. The Morgan fingerprint density at radius 1 is 1.26 bits per heavy atom. The summed E-state index contributed by atoms with van der Waals surface area (Å²) in [6.45, 7) is 4.14. The largest absolute Gasteiger partial charge is 0.481 e. The van der Waals surface area contributed by atoms with E-state index in [1.807, 2.05) is 6.92 Å². The number of aliphatic carboxylic acids is 1. The van der Waals surface area contributed by atoms with Crippen LogP contribution in [0.4, 0.5) is 9.39 Å². The van der Waals surface area contributed by atoms with Crippen LogP contribution in [0.5, 0.6) is 0 Å². The Balaban J connectivity index is 1.74. The molecule has 0 unspecified atom stereocenters. The SMILES string of the molecule is Cc1cc(NC(=O)c2cccc(F)c2)sc1C(=O)N1C[C@@H](C)[C@H](C(=O)O)C1. The van der Waals surface area contributed by atoms with Crippen LogP contribution < -0.4 is 5.32 Å². The minimum Gasteiger partial charge on any atom is -0.481 e. The van der Waals surface area contributed by atoms with E-state index in [1.54, 1.807) is 17.9 Å². The molecule has 2 atom stereocenters. The molecule has 3 rings (SSSR count). The van der Waals surface area contributed by atoms with Crippen molar-refractivity contribution in [3.63, 3.8) is 0 Å². The number of amides is 2. The van der Waals surface area contributed by atoms with E-state index in [0.717, 1.165) is 17.4 Å². The van der Waals surface area contributed by atoms with E-state index in [-0.39, 0.29) is 23.9 Å². The van der Waals surface area contributed by atoms with Gasteiger partial charge in [-0.1, -0.05) is 13.0 Å². The summed E-state index contributed by atoms with van der Waals surface area (Å²) < 4.78 is 13.3. The van der Waals surface area contributed by atoms with Crippen molar-refractivity contribution in [1.82, 2.24) is 4.90 Å². The van der Waals surface area contributed by atoms with E-state index in [2.05, 4.69) is 5.32 Å². The van der Waals surface area contributed by atoms with E-state index >= 15 is 0 Å². The maximum absolute atomic E-state index is 13.3. The molecule has 2 N–H and O–H groups in total.